The third kappa shape index (κ3) is 1.46. The summed E-state index contributed by atoms with van der Waals surface area (Å²) in [5, 5.41) is 38.3. The van der Waals surface area contributed by atoms with Gasteiger partial charge in [0.1, 0.15) is 6.10 Å². The Morgan fingerprint density at radius 3 is 2.75 bits per heavy atom. The Morgan fingerprint density at radius 1 is 1.56 bits per heavy atom. The van der Waals surface area contributed by atoms with E-state index in [0.29, 0.717) is 4.88 Å². The van der Waals surface area contributed by atoms with Crippen molar-refractivity contribution in [3.8, 4) is 0 Å². The SMILES string of the molecule is Cc1cc2c(s1)[C@@H](O)C(O)C[C@]2(O)C(=O)O. The van der Waals surface area contributed by atoms with Crippen molar-refractivity contribution in [2.24, 2.45) is 0 Å². The van der Waals surface area contributed by atoms with E-state index in [0.717, 1.165) is 4.88 Å². The molecule has 0 aromatic carbocycles. The molecule has 2 rings (SSSR count). The number of carboxylic acid groups (broad SMARTS) is 1. The highest BCUT2D eigenvalue weighted by atomic mass is 32.1. The van der Waals surface area contributed by atoms with Crippen LogP contribution in [0, 0.1) is 6.92 Å². The molecule has 0 bridgehead atoms. The maximum Gasteiger partial charge on any atom is 0.340 e. The molecule has 6 heteroatoms. The Labute approximate surface area is 95.6 Å². The molecular formula is C10H12O5S. The van der Waals surface area contributed by atoms with Crippen molar-refractivity contribution in [2.75, 3.05) is 0 Å². The van der Waals surface area contributed by atoms with Crippen molar-refractivity contribution < 1.29 is 25.2 Å². The molecule has 1 aliphatic rings. The molecule has 16 heavy (non-hydrogen) atoms. The summed E-state index contributed by atoms with van der Waals surface area (Å²) >= 11 is 1.19. The fourth-order valence-corrected chi connectivity index (χ4v) is 3.12. The largest absolute Gasteiger partial charge is 0.479 e. The van der Waals surface area contributed by atoms with Crippen LogP contribution in [0.25, 0.3) is 0 Å². The molecule has 4 N–H and O–H groups in total. The molecule has 1 unspecified atom stereocenters. The highest BCUT2D eigenvalue weighted by Gasteiger charge is 2.49. The van der Waals surface area contributed by atoms with E-state index >= 15 is 0 Å². The van der Waals surface area contributed by atoms with Crippen LogP contribution in [0.15, 0.2) is 6.07 Å². The van der Waals surface area contributed by atoms with Gasteiger partial charge in [-0.1, -0.05) is 0 Å². The van der Waals surface area contributed by atoms with Crippen LogP contribution in [0.4, 0.5) is 0 Å². The van der Waals surface area contributed by atoms with Gasteiger partial charge in [-0.15, -0.1) is 11.3 Å². The Kier molecular flexibility index (Phi) is 2.54. The fraction of sp³-hybridized carbons (Fsp3) is 0.500. The molecule has 0 spiro atoms. The number of thiophene rings is 1. The van der Waals surface area contributed by atoms with Gasteiger partial charge in [-0.05, 0) is 13.0 Å². The average Bonchev–Trinajstić information content (AvgIpc) is 2.57. The second-order valence-corrected chi connectivity index (χ2v) is 5.30. The molecule has 5 nitrogen and oxygen atoms in total. The minimum Gasteiger partial charge on any atom is -0.479 e. The lowest BCUT2D eigenvalue weighted by Gasteiger charge is -2.34. The Bertz CT molecular complexity index is 440. The summed E-state index contributed by atoms with van der Waals surface area (Å²) in [6.45, 7) is 1.75. The van der Waals surface area contributed by atoms with Gasteiger partial charge < -0.3 is 20.4 Å². The van der Waals surface area contributed by atoms with E-state index in [9.17, 15) is 20.1 Å². The van der Waals surface area contributed by atoms with E-state index < -0.39 is 30.2 Å². The van der Waals surface area contributed by atoms with E-state index in [1.54, 1.807) is 13.0 Å². The zero-order valence-electron chi connectivity index (χ0n) is 8.54. The predicted octanol–water partition coefficient (Wildman–Crippen LogP) is 0.127. The van der Waals surface area contributed by atoms with Crippen LogP contribution in [0.2, 0.25) is 0 Å². The minimum absolute atomic E-state index is 0.195. The third-order valence-electron chi connectivity index (χ3n) is 2.82. The minimum atomic E-state index is -2.10. The average molecular weight is 244 g/mol. The molecule has 88 valence electrons. The summed E-state index contributed by atoms with van der Waals surface area (Å²) in [5.41, 5.74) is -1.90. The maximum atomic E-state index is 11.1. The smallest absolute Gasteiger partial charge is 0.340 e. The zero-order chi connectivity index (χ0) is 12.1. The molecule has 1 aliphatic carbocycles. The molecule has 0 radical (unpaired) electrons. The van der Waals surface area contributed by atoms with E-state index in [1.165, 1.54) is 11.3 Å². The van der Waals surface area contributed by atoms with E-state index in [2.05, 4.69) is 0 Å². The third-order valence-corrected chi connectivity index (χ3v) is 3.94. The predicted molar refractivity (Wildman–Crippen MR) is 56.2 cm³/mol. The van der Waals surface area contributed by atoms with E-state index in [-0.39, 0.29) is 5.56 Å². The lowest BCUT2D eigenvalue weighted by molar-refractivity contribution is -0.168. The van der Waals surface area contributed by atoms with Crippen molar-refractivity contribution in [1.82, 2.24) is 0 Å². The first-order valence-corrected chi connectivity index (χ1v) is 5.60. The summed E-state index contributed by atoms with van der Waals surface area (Å²) in [4.78, 5) is 12.2. The van der Waals surface area contributed by atoms with Gasteiger partial charge in [0.05, 0.1) is 6.10 Å². The van der Waals surface area contributed by atoms with Crippen LogP contribution in [0.3, 0.4) is 0 Å². The molecule has 0 aliphatic heterocycles. The second-order valence-electron chi connectivity index (χ2n) is 4.02. The monoisotopic (exact) mass is 244 g/mol. The van der Waals surface area contributed by atoms with Crippen LogP contribution in [-0.2, 0) is 10.4 Å². The molecule has 3 atom stereocenters. The standard InChI is InChI=1S/C10H12O5S/c1-4-2-5-8(16-4)7(12)6(11)3-10(5,15)9(13)14/h2,6-7,11-12,15H,3H2,1H3,(H,13,14)/t6?,7-,10+/m0/s1. The van der Waals surface area contributed by atoms with Crippen molar-refractivity contribution >= 4 is 17.3 Å². The first-order chi connectivity index (χ1) is 7.36. The number of hydrogen-bond donors (Lipinski definition) is 4. The number of rotatable bonds is 1. The van der Waals surface area contributed by atoms with Crippen molar-refractivity contribution in [3.63, 3.8) is 0 Å². The summed E-state index contributed by atoms with van der Waals surface area (Å²) in [6, 6.07) is 1.54. The molecular weight excluding hydrogens is 232 g/mol. The van der Waals surface area contributed by atoms with Gasteiger partial charge >= 0.3 is 5.97 Å². The summed E-state index contributed by atoms with van der Waals surface area (Å²) in [5.74, 6) is -1.41. The van der Waals surface area contributed by atoms with E-state index in [4.69, 9.17) is 5.11 Å². The number of hydrogen-bond acceptors (Lipinski definition) is 5. The van der Waals surface area contributed by atoms with Crippen LogP contribution in [0.5, 0.6) is 0 Å². The molecule has 1 aromatic heterocycles. The van der Waals surface area contributed by atoms with Crippen molar-refractivity contribution in [3.05, 3.63) is 21.4 Å². The molecule has 0 fully saturated rings. The number of aliphatic carboxylic acids is 1. The summed E-state index contributed by atoms with van der Waals surface area (Å²) in [7, 11) is 0. The molecule has 1 aromatic rings. The molecule has 0 amide bonds. The van der Waals surface area contributed by atoms with Crippen LogP contribution in [-0.4, -0.2) is 32.5 Å². The number of carbonyl (C=O) groups is 1. The number of fused-ring (bicyclic) bond motifs is 1. The van der Waals surface area contributed by atoms with Crippen molar-refractivity contribution in [1.29, 1.82) is 0 Å². The van der Waals surface area contributed by atoms with Gasteiger partial charge in [0.15, 0.2) is 5.60 Å². The van der Waals surface area contributed by atoms with Gasteiger partial charge in [0.2, 0.25) is 0 Å². The molecule has 1 heterocycles. The van der Waals surface area contributed by atoms with Gasteiger partial charge in [-0.2, -0.15) is 0 Å². The Balaban J connectivity index is 2.61. The Morgan fingerprint density at radius 2 is 2.19 bits per heavy atom. The van der Waals surface area contributed by atoms with Gasteiger partial charge in [0, 0.05) is 21.7 Å². The van der Waals surface area contributed by atoms with Gasteiger partial charge in [-0.25, -0.2) is 4.79 Å². The number of aliphatic hydroxyl groups is 3. The quantitative estimate of drug-likeness (QED) is 0.563. The maximum absolute atomic E-state index is 11.1. The first-order valence-electron chi connectivity index (χ1n) is 4.79. The van der Waals surface area contributed by atoms with Crippen LogP contribution >= 0.6 is 11.3 Å². The zero-order valence-corrected chi connectivity index (χ0v) is 9.36. The number of aryl methyl sites for hydroxylation is 1. The Hall–Kier alpha value is -0.950. The first kappa shape index (κ1) is 11.5. The van der Waals surface area contributed by atoms with Crippen LogP contribution < -0.4 is 0 Å². The molecule has 0 saturated heterocycles. The highest BCUT2D eigenvalue weighted by Crippen LogP contribution is 2.44. The topological polar surface area (TPSA) is 98.0 Å². The lowest BCUT2D eigenvalue weighted by atomic mass is 9.80. The number of carboxylic acids is 1. The molecule has 0 saturated carbocycles. The van der Waals surface area contributed by atoms with Gasteiger partial charge in [-0.3, -0.25) is 0 Å². The lowest BCUT2D eigenvalue weighted by Crippen LogP contribution is -2.44. The number of aliphatic hydroxyl groups excluding tert-OH is 2. The van der Waals surface area contributed by atoms with Crippen LogP contribution in [0.1, 0.15) is 27.8 Å². The summed E-state index contributed by atoms with van der Waals surface area (Å²) < 4.78 is 0. The second kappa shape index (κ2) is 3.53. The van der Waals surface area contributed by atoms with E-state index in [1.807, 2.05) is 0 Å². The summed E-state index contributed by atoms with van der Waals surface area (Å²) in [6.07, 6.45) is -2.77. The highest BCUT2D eigenvalue weighted by molar-refractivity contribution is 7.12. The van der Waals surface area contributed by atoms with Gasteiger partial charge in [0.25, 0.3) is 0 Å². The fourth-order valence-electron chi connectivity index (χ4n) is 1.98. The van der Waals surface area contributed by atoms with Crippen molar-refractivity contribution in [2.45, 2.75) is 31.2 Å². The normalized spacial score (nSPS) is 33.5.